The van der Waals surface area contributed by atoms with Gasteiger partial charge in [0.15, 0.2) is 0 Å². The highest BCUT2D eigenvalue weighted by molar-refractivity contribution is 5.23. The van der Waals surface area contributed by atoms with E-state index < -0.39 is 0 Å². The molecule has 0 aliphatic rings. The maximum Gasteiger partial charge on any atom is 0.0208 e. The molecule has 0 unspecified atom stereocenters. The number of aryl methyl sites for hydroxylation is 1. The van der Waals surface area contributed by atoms with Crippen molar-refractivity contribution in [2.24, 2.45) is 5.92 Å². The van der Waals surface area contributed by atoms with Crippen LogP contribution in [-0.4, -0.2) is 31.6 Å². The van der Waals surface area contributed by atoms with E-state index in [-0.39, 0.29) is 0 Å². The fourth-order valence-electron chi connectivity index (χ4n) is 2.45. The summed E-state index contributed by atoms with van der Waals surface area (Å²) < 4.78 is 0. The first kappa shape index (κ1) is 20.1. The molecule has 1 aromatic rings. The Hall–Kier alpha value is -0.860. The Labute approximate surface area is 132 Å². The Balaban J connectivity index is 0.00000191. The molecule has 1 rings (SSSR count). The van der Waals surface area contributed by atoms with Gasteiger partial charge >= 0.3 is 0 Å². The van der Waals surface area contributed by atoms with Gasteiger partial charge in [0, 0.05) is 19.1 Å². The van der Waals surface area contributed by atoms with Crippen molar-refractivity contribution in [3.05, 3.63) is 35.4 Å². The molecule has 0 saturated heterocycles. The lowest BCUT2D eigenvalue weighted by atomic mass is 10.0. The van der Waals surface area contributed by atoms with E-state index in [9.17, 15) is 0 Å². The summed E-state index contributed by atoms with van der Waals surface area (Å²) in [5.74, 6) is 0.736. The third kappa shape index (κ3) is 9.65. The van der Waals surface area contributed by atoms with Gasteiger partial charge < -0.3 is 10.2 Å². The molecule has 0 heterocycles. The third-order valence-electron chi connectivity index (χ3n) is 3.34. The van der Waals surface area contributed by atoms with E-state index in [2.05, 4.69) is 69.3 Å². The van der Waals surface area contributed by atoms with Crippen LogP contribution in [0.1, 0.15) is 52.2 Å². The average Bonchev–Trinajstić information content (AvgIpc) is 2.46. The Bertz CT molecular complexity index is 348. The number of rotatable bonds is 8. The normalized spacial score (nSPS) is 12.2. The molecule has 1 aromatic carbocycles. The van der Waals surface area contributed by atoms with Crippen LogP contribution in [0.25, 0.3) is 0 Å². The van der Waals surface area contributed by atoms with Gasteiger partial charge in [-0.15, -0.1) is 0 Å². The van der Waals surface area contributed by atoms with E-state index in [1.54, 1.807) is 0 Å². The minimum Gasteiger partial charge on any atom is -0.309 e. The van der Waals surface area contributed by atoms with Gasteiger partial charge in [0.05, 0.1) is 0 Å². The van der Waals surface area contributed by atoms with Crippen LogP contribution in [0.2, 0.25) is 0 Å². The molecule has 0 bridgehead atoms. The third-order valence-corrected chi connectivity index (χ3v) is 3.34. The summed E-state index contributed by atoms with van der Waals surface area (Å²) >= 11 is 0. The van der Waals surface area contributed by atoms with Crippen LogP contribution >= 0.6 is 0 Å². The van der Waals surface area contributed by atoms with Crippen LogP contribution in [0.15, 0.2) is 24.3 Å². The summed E-state index contributed by atoms with van der Waals surface area (Å²) in [5, 5.41) is 3.71. The Morgan fingerprint density at radius 1 is 1.10 bits per heavy atom. The lowest BCUT2D eigenvalue weighted by Crippen LogP contribution is -2.38. The van der Waals surface area contributed by atoms with Gasteiger partial charge in [0.2, 0.25) is 0 Å². The second kappa shape index (κ2) is 11.8. The quantitative estimate of drug-likeness (QED) is 0.766. The highest BCUT2D eigenvalue weighted by Crippen LogP contribution is 2.09. The van der Waals surface area contributed by atoms with E-state index in [0.717, 1.165) is 25.4 Å². The molecule has 21 heavy (non-hydrogen) atoms. The molecular weight excluding hydrogens is 256 g/mol. The summed E-state index contributed by atoms with van der Waals surface area (Å²) in [6.07, 6.45) is 2.34. The molecule has 0 aliphatic carbocycles. The Kier molecular flexibility index (Phi) is 11.3. The fraction of sp³-hybridized carbons (Fsp3) is 0.684. The maximum atomic E-state index is 3.71. The molecule has 122 valence electrons. The first-order valence-electron chi connectivity index (χ1n) is 8.47. The molecule has 2 heteroatoms. The highest BCUT2D eigenvalue weighted by atomic mass is 15.1. The van der Waals surface area contributed by atoms with Crippen molar-refractivity contribution in [3.8, 4) is 0 Å². The lowest BCUT2D eigenvalue weighted by Gasteiger charge is -2.24. The summed E-state index contributed by atoms with van der Waals surface area (Å²) in [4.78, 5) is 2.27. The van der Waals surface area contributed by atoms with Crippen molar-refractivity contribution in [3.63, 3.8) is 0 Å². The number of nitrogens with one attached hydrogen (secondary N) is 1. The van der Waals surface area contributed by atoms with Crippen LogP contribution in [0.4, 0.5) is 0 Å². The van der Waals surface area contributed by atoms with Gasteiger partial charge in [-0.25, -0.2) is 0 Å². The molecule has 0 fully saturated rings. The number of likely N-dealkylation sites (N-methyl/N-ethyl adjacent to an activating group) is 1. The van der Waals surface area contributed by atoms with Crippen LogP contribution in [0, 0.1) is 5.92 Å². The summed E-state index contributed by atoms with van der Waals surface area (Å²) in [6.45, 7) is 12.9. The largest absolute Gasteiger partial charge is 0.309 e. The number of benzene rings is 1. The van der Waals surface area contributed by atoms with Crippen LogP contribution in [0.3, 0.4) is 0 Å². The van der Waals surface area contributed by atoms with Crippen molar-refractivity contribution in [1.29, 1.82) is 0 Å². The zero-order chi connectivity index (χ0) is 16.3. The summed E-state index contributed by atoms with van der Waals surface area (Å²) in [7, 11) is 4.29. The first-order valence-corrected chi connectivity index (χ1v) is 8.47. The van der Waals surface area contributed by atoms with Crippen molar-refractivity contribution in [2.75, 3.05) is 20.6 Å². The second-order valence-electron chi connectivity index (χ2n) is 6.14. The smallest absolute Gasteiger partial charge is 0.0208 e. The van der Waals surface area contributed by atoms with E-state index in [1.165, 1.54) is 17.5 Å². The lowest BCUT2D eigenvalue weighted by molar-refractivity contribution is 0.305. The molecule has 1 atom stereocenters. The second-order valence-corrected chi connectivity index (χ2v) is 6.14. The predicted molar refractivity (Wildman–Crippen MR) is 95.8 cm³/mol. The molecule has 0 aromatic heterocycles. The van der Waals surface area contributed by atoms with Crippen molar-refractivity contribution in [2.45, 2.75) is 60.0 Å². The zero-order valence-corrected chi connectivity index (χ0v) is 15.2. The van der Waals surface area contributed by atoms with Gasteiger partial charge in [0.25, 0.3) is 0 Å². The van der Waals surface area contributed by atoms with E-state index in [1.807, 2.05) is 13.8 Å². The molecule has 2 nitrogen and oxygen atoms in total. The highest BCUT2D eigenvalue weighted by Gasteiger charge is 2.11. The monoisotopic (exact) mass is 292 g/mol. The topological polar surface area (TPSA) is 15.3 Å². The zero-order valence-electron chi connectivity index (χ0n) is 15.2. The molecule has 1 N–H and O–H groups in total. The standard InChI is InChI=1S/C17H30N2.C2H6/c1-6-15-8-7-9-16(11-15)12-18-17(10-14(2)3)13-19(4)5;1-2/h7-9,11,14,17-18H,6,10,12-13H2,1-5H3;1-2H3/t17-;/m1./s1. The van der Waals surface area contributed by atoms with Crippen molar-refractivity contribution >= 4 is 0 Å². The van der Waals surface area contributed by atoms with Gasteiger partial charge in [-0.1, -0.05) is 58.9 Å². The SMILES string of the molecule is CC.CCc1cccc(CN[C@H](CC(C)C)CN(C)C)c1. The average molecular weight is 293 g/mol. The molecule has 0 spiro atoms. The van der Waals surface area contributed by atoms with Crippen molar-refractivity contribution < 1.29 is 0 Å². The molecule has 0 aliphatic heterocycles. The number of hydrogen-bond donors (Lipinski definition) is 1. The Morgan fingerprint density at radius 3 is 2.24 bits per heavy atom. The van der Waals surface area contributed by atoms with Gasteiger partial charge in [-0.05, 0) is 44.0 Å². The van der Waals surface area contributed by atoms with Crippen LogP contribution < -0.4 is 5.32 Å². The van der Waals surface area contributed by atoms with Crippen molar-refractivity contribution in [1.82, 2.24) is 10.2 Å². The van der Waals surface area contributed by atoms with Crippen LogP contribution in [0.5, 0.6) is 0 Å². The minimum absolute atomic E-state index is 0.570. The fourth-order valence-corrected chi connectivity index (χ4v) is 2.45. The summed E-state index contributed by atoms with van der Waals surface area (Å²) in [6, 6.07) is 9.47. The molecule has 0 saturated carbocycles. The van der Waals surface area contributed by atoms with Gasteiger partial charge in [-0.2, -0.15) is 0 Å². The van der Waals surface area contributed by atoms with Gasteiger partial charge in [0.1, 0.15) is 0 Å². The van der Waals surface area contributed by atoms with E-state index >= 15 is 0 Å². The Morgan fingerprint density at radius 2 is 1.71 bits per heavy atom. The summed E-state index contributed by atoms with van der Waals surface area (Å²) in [5.41, 5.74) is 2.82. The first-order chi connectivity index (χ1) is 10.0. The minimum atomic E-state index is 0.570. The van der Waals surface area contributed by atoms with Gasteiger partial charge in [-0.3, -0.25) is 0 Å². The molecule has 0 radical (unpaired) electrons. The van der Waals surface area contributed by atoms with E-state index in [4.69, 9.17) is 0 Å². The molecular formula is C19H36N2. The van der Waals surface area contributed by atoms with E-state index in [0.29, 0.717) is 6.04 Å². The number of hydrogen-bond acceptors (Lipinski definition) is 2. The number of nitrogens with zero attached hydrogens (tertiary/aromatic N) is 1. The maximum absolute atomic E-state index is 3.71. The molecule has 0 amide bonds. The predicted octanol–water partition coefficient (Wildman–Crippen LogP) is 4.34. The van der Waals surface area contributed by atoms with Crippen LogP contribution in [-0.2, 0) is 13.0 Å².